The number of aliphatic imine (C=N–C) groups is 1. The van der Waals surface area contributed by atoms with Crippen LogP contribution in [0.15, 0.2) is 4.99 Å². The summed E-state index contributed by atoms with van der Waals surface area (Å²) < 4.78 is 0. The lowest BCUT2D eigenvalue weighted by molar-refractivity contribution is 0.544. The van der Waals surface area contributed by atoms with Crippen molar-refractivity contribution < 1.29 is 0 Å². The van der Waals surface area contributed by atoms with E-state index in [0.717, 1.165) is 13.1 Å². The Hall–Kier alpha value is -1.24. The molecule has 0 aromatic heterocycles. The van der Waals surface area contributed by atoms with E-state index >= 15 is 0 Å². The largest absolute Gasteiger partial charge is 0.343 e. The van der Waals surface area contributed by atoms with E-state index in [0.29, 0.717) is 5.96 Å². The summed E-state index contributed by atoms with van der Waals surface area (Å²) >= 11 is 0. The smallest absolute Gasteiger partial charge is 0.207 e. The maximum atomic E-state index is 8.18. The van der Waals surface area contributed by atoms with Crippen molar-refractivity contribution in [2.24, 2.45) is 4.99 Å². The Bertz CT molecular complexity index is 166. The van der Waals surface area contributed by atoms with E-state index in [1.165, 1.54) is 0 Å². The predicted molar refractivity (Wildman–Crippen MR) is 33.7 cm³/mol. The van der Waals surface area contributed by atoms with Crippen molar-refractivity contribution in [1.29, 1.82) is 5.26 Å². The number of hydrogen-bond acceptors (Lipinski definition) is 4. The van der Waals surface area contributed by atoms with Crippen LogP contribution in [-0.4, -0.2) is 31.0 Å². The van der Waals surface area contributed by atoms with Crippen LogP contribution in [0.3, 0.4) is 0 Å². The van der Waals surface area contributed by atoms with E-state index in [-0.39, 0.29) is 0 Å². The first-order chi connectivity index (χ1) is 4.34. The van der Waals surface area contributed by atoms with Crippen molar-refractivity contribution in [3.63, 3.8) is 0 Å². The average molecular weight is 124 g/mol. The summed E-state index contributed by atoms with van der Waals surface area (Å²) in [6.45, 7) is 1.70. The summed E-state index contributed by atoms with van der Waals surface area (Å²) in [6, 6.07) is 0. The van der Waals surface area contributed by atoms with Gasteiger partial charge in [-0.2, -0.15) is 5.26 Å². The predicted octanol–water partition coefficient (Wildman–Crippen LogP) is -0.642. The van der Waals surface area contributed by atoms with Gasteiger partial charge >= 0.3 is 0 Å². The van der Waals surface area contributed by atoms with Crippen molar-refractivity contribution in [2.75, 3.05) is 20.1 Å². The third kappa shape index (κ3) is 1.11. The van der Waals surface area contributed by atoms with Gasteiger partial charge < -0.3 is 4.90 Å². The van der Waals surface area contributed by atoms with Crippen molar-refractivity contribution in [3.05, 3.63) is 0 Å². The van der Waals surface area contributed by atoms with Gasteiger partial charge in [0.05, 0.1) is 6.54 Å². The maximum Gasteiger partial charge on any atom is 0.207 e. The lowest BCUT2D eigenvalue weighted by Gasteiger charge is -2.09. The van der Waals surface area contributed by atoms with Crippen LogP contribution >= 0.6 is 0 Å². The van der Waals surface area contributed by atoms with E-state index < -0.39 is 0 Å². The molecule has 48 valence electrons. The SMILES string of the molecule is CN1CCN=C1NC#N. The van der Waals surface area contributed by atoms with Crippen molar-refractivity contribution in [2.45, 2.75) is 0 Å². The van der Waals surface area contributed by atoms with Gasteiger partial charge in [0.2, 0.25) is 5.96 Å². The second kappa shape index (κ2) is 2.35. The Morgan fingerprint density at radius 1 is 1.89 bits per heavy atom. The second-order valence-electron chi connectivity index (χ2n) is 1.86. The summed E-state index contributed by atoms with van der Waals surface area (Å²) in [5.74, 6) is 0.678. The first-order valence-electron chi connectivity index (χ1n) is 2.75. The topological polar surface area (TPSA) is 51.4 Å². The zero-order chi connectivity index (χ0) is 6.69. The number of rotatable bonds is 0. The summed E-state index contributed by atoms with van der Waals surface area (Å²) in [5, 5.41) is 10.7. The van der Waals surface area contributed by atoms with Crippen LogP contribution in [0.2, 0.25) is 0 Å². The van der Waals surface area contributed by atoms with E-state index in [2.05, 4.69) is 10.3 Å². The van der Waals surface area contributed by atoms with Gasteiger partial charge in [0.15, 0.2) is 6.19 Å². The van der Waals surface area contributed by atoms with Crippen LogP contribution in [0.1, 0.15) is 0 Å². The highest BCUT2D eigenvalue weighted by molar-refractivity contribution is 5.82. The standard InChI is InChI=1S/C5H8N4/c1-9-3-2-7-5(9)8-4-6/h2-3H2,1H3,(H,7,8). The van der Waals surface area contributed by atoms with Gasteiger partial charge in [-0.15, -0.1) is 0 Å². The van der Waals surface area contributed by atoms with Crippen LogP contribution in [0.25, 0.3) is 0 Å². The zero-order valence-electron chi connectivity index (χ0n) is 5.26. The van der Waals surface area contributed by atoms with Crippen LogP contribution < -0.4 is 5.32 Å². The summed E-state index contributed by atoms with van der Waals surface area (Å²) in [6.07, 6.45) is 1.82. The molecule has 9 heavy (non-hydrogen) atoms. The van der Waals surface area contributed by atoms with Gasteiger partial charge in [-0.05, 0) is 0 Å². The Labute approximate surface area is 53.8 Å². The highest BCUT2D eigenvalue weighted by atomic mass is 15.3. The molecule has 0 unspecified atom stereocenters. The molecule has 1 aliphatic rings. The highest BCUT2D eigenvalue weighted by Crippen LogP contribution is 1.92. The van der Waals surface area contributed by atoms with Crippen LogP contribution in [0.4, 0.5) is 0 Å². The first kappa shape index (κ1) is 5.89. The molecule has 0 radical (unpaired) electrons. The Morgan fingerprint density at radius 2 is 2.67 bits per heavy atom. The molecule has 0 aromatic carbocycles. The third-order valence-electron chi connectivity index (χ3n) is 1.23. The molecule has 0 aromatic rings. The molecule has 0 spiro atoms. The minimum Gasteiger partial charge on any atom is -0.343 e. The van der Waals surface area contributed by atoms with Gasteiger partial charge in [0, 0.05) is 13.6 Å². The lowest BCUT2D eigenvalue weighted by Crippen LogP contribution is -2.32. The fraction of sp³-hybridized carbons (Fsp3) is 0.600. The Balaban J connectivity index is 2.50. The van der Waals surface area contributed by atoms with Crippen molar-refractivity contribution in [3.8, 4) is 6.19 Å². The number of hydrogen-bond donors (Lipinski definition) is 1. The van der Waals surface area contributed by atoms with E-state index in [1.54, 1.807) is 0 Å². The fourth-order valence-electron chi connectivity index (χ4n) is 0.717. The van der Waals surface area contributed by atoms with Gasteiger partial charge in [-0.3, -0.25) is 10.3 Å². The molecule has 1 heterocycles. The van der Waals surface area contributed by atoms with Gasteiger partial charge in [-0.25, -0.2) is 0 Å². The van der Waals surface area contributed by atoms with E-state index in [9.17, 15) is 0 Å². The number of guanidine groups is 1. The quantitative estimate of drug-likeness (QED) is 0.345. The lowest BCUT2D eigenvalue weighted by atomic mass is 10.6. The molecule has 1 N–H and O–H groups in total. The number of likely N-dealkylation sites (N-methyl/N-ethyl adjacent to an activating group) is 1. The normalized spacial score (nSPS) is 16.9. The van der Waals surface area contributed by atoms with Crippen LogP contribution in [0.5, 0.6) is 0 Å². The molecule has 0 saturated carbocycles. The molecule has 1 rings (SSSR count). The molecule has 0 saturated heterocycles. The fourth-order valence-corrected chi connectivity index (χ4v) is 0.717. The minimum absolute atomic E-state index is 0.678. The van der Waals surface area contributed by atoms with Gasteiger partial charge in [0.1, 0.15) is 0 Å². The molecular formula is C5H8N4. The Kier molecular flexibility index (Phi) is 1.54. The molecule has 0 fully saturated rings. The molecule has 4 nitrogen and oxygen atoms in total. The van der Waals surface area contributed by atoms with E-state index in [4.69, 9.17) is 5.26 Å². The average Bonchev–Trinajstić information content (AvgIpc) is 2.18. The zero-order valence-corrected chi connectivity index (χ0v) is 5.26. The molecular weight excluding hydrogens is 116 g/mol. The van der Waals surface area contributed by atoms with E-state index in [1.807, 2.05) is 18.1 Å². The van der Waals surface area contributed by atoms with Crippen molar-refractivity contribution >= 4 is 5.96 Å². The van der Waals surface area contributed by atoms with Crippen molar-refractivity contribution in [1.82, 2.24) is 10.2 Å². The first-order valence-corrected chi connectivity index (χ1v) is 2.75. The highest BCUT2D eigenvalue weighted by Gasteiger charge is 2.09. The molecule has 1 aliphatic heterocycles. The summed E-state index contributed by atoms with van der Waals surface area (Å²) in [7, 11) is 1.90. The Morgan fingerprint density at radius 3 is 3.11 bits per heavy atom. The number of nitrogens with zero attached hydrogens (tertiary/aromatic N) is 3. The third-order valence-corrected chi connectivity index (χ3v) is 1.23. The molecule has 4 heteroatoms. The van der Waals surface area contributed by atoms with Crippen LogP contribution in [-0.2, 0) is 0 Å². The molecule has 0 atom stereocenters. The maximum absolute atomic E-state index is 8.18. The molecule has 0 bridgehead atoms. The molecule has 0 aliphatic carbocycles. The van der Waals surface area contributed by atoms with Gasteiger partial charge in [-0.1, -0.05) is 0 Å². The summed E-state index contributed by atoms with van der Waals surface area (Å²) in [5.41, 5.74) is 0. The summed E-state index contributed by atoms with van der Waals surface area (Å²) in [4.78, 5) is 5.92. The second-order valence-corrected chi connectivity index (χ2v) is 1.86. The number of nitrogens with one attached hydrogen (secondary N) is 1. The van der Waals surface area contributed by atoms with Crippen LogP contribution in [0, 0.1) is 11.5 Å². The van der Waals surface area contributed by atoms with Gasteiger partial charge in [0.25, 0.3) is 0 Å². The molecule has 0 amide bonds. The number of nitriles is 1. The monoisotopic (exact) mass is 124 g/mol. The minimum atomic E-state index is 0.678.